The smallest absolute Gasteiger partial charge is 0.279 e. The predicted octanol–water partition coefficient (Wildman–Crippen LogP) is 0.142. The van der Waals surface area contributed by atoms with Crippen LogP contribution in [-0.2, 0) is 6.54 Å². The minimum atomic E-state index is -0.241. The summed E-state index contributed by atoms with van der Waals surface area (Å²) >= 11 is 1.42. The minimum absolute atomic E-state index is 0.00739. The molecule has 0 aliphatic heterocycles. The number of H-pyrrole nitrogens is 1. The molecule has 0 bridgehead atoms. The number of aromatic amines is 1. The van der Waals surface area contributed by atoms with Crippen molar-refractivity contribution in [2.24, 2.45) is 0 Å². The molecular weight excluding hydrogens is 228 g/mol. The van der Waals surface area contributed by atoms with Crippen LogP contribution in [0.15, 0.2) is 9.95 Å². The van der Waals surface area contributed by atoms with Crippen LogP contribution in [0.5, 0.6) is 0 Å². The highest BCUT2D eigenvalue weighted by atomic mass is 32.2. The molecule has 0 aromatic carbocycles. The van der Waals surface area contributed by atoms with E-state index in [1.54, 1.807) is 11.5 Å². The van der Waals surface area contributed by atoms with Crippen LogP contribution in [0, 0.1) is 6.92 Å². The van der Waals surface area contributed by atoms with E-state index in [0.29, 0.717) is 28.7 Å². The maximum absolute atomic E-state index is 11.6. The van der Waals surface area contributed by atoms with Gasteiger partial charge in [0.15, 0.2) is 16.3 Å². The number of thioether (sulfide) groups is 1. The summed E-state index contributed by atoms with van der Waals surface area (Å²) in [5.41, 5.74) is 0.609. The number of imidazole rings is 1. The number of hydrogen-bond donors (Lipinski definition) is 2. The molecule has 2 heterocycles. The summed E-state index contributed by atoms with van der Waals surface area (Å²) in [6, 6.07) is 0. The second kappa shape index (κ2) is 4.26. The minimum Gasteiger partial charge on any atom is -0.395 e. The Morgan fingerprint density at radius 3 is 2.88 bits per heavy atom. The summed E-state index contributed by atoms with van der Waals surface area (Å²) < 4.78 is 1.75. The molecule has 0 atom stereocenters. The van der Waals surface area contributed by atoms with Crippen molar-refractivity contribution in [1.29, 1.82) is 0 Å². The molecule has 0 spiro atoms. The topological polar surface area (TPSA) is 83.8 Å². The lowest BCUT2D eigenvalue weighted by atomic mass is 10.5. The number of nitrogens with zero attached hydrogens (tertiary/aromatic N) is 3. The third-order valence-corrected chi connectivity index (χ3v) is 2.87. The lowest BCUT2D eigenvalue weighted by Gasteiger charge is -2.03. The summed E-state index contributed by atoms with van der Waals surface area (Å²) in [4.78, 5) is 22.7. The van der Waals surface area contributed by atoms with Gasteiger partial charge in [-0.25, -0.2) is 9.97 Å². The lowest BCUT2D eigenvalue weighted by molar-refractivity contribution is 0.273. The van der Waals surface area contributed by atoms with Crippen LogP contribution in [-0.4, -0.2) is 37.5 Å². The van der Waals surface area contributed by atoms with E-state index in [1.807, 2.05) is 6.26 Å². The van der Waals surface area contributed by atoms with Crippen molar-refractivity contribution >= 4 is 22.9 Å². The molecule has 0 unspecified atom stereocenters. The van der Waals surface area contributed by atoms with Gasteiger partial charge in [-0.15, -0.1) is 0 Å². The predicted molar refractivity (Wildman–Crippen MR) is 61.8 cm³/mol. The highest BCUT2D eigenvalue weighted by Gasteiger charge is 2.13. The number of nitrogens with one attached hydrogen (secondary N) is 1. The fourth-order valence-electron chi connectivity index (χ4n) is 1.56. The molecule has 0 saturated carbocycles. The van der Waals surface area contributed by atoms with E-state index in [-0.39, 0.29) is 12.2 Å². The van der Waals surface area contributed by atoms with Crippen LogP contribution >= 0.6 is 11.8 Å². The first-order valence-corrected chi connectivity index (χ1v) is 6.02. The zero-order chi connectivity index (χ0) is 11.7. The van der Waals surface area contributed by atoms with Gasteiger partial charge in [0.25, 0.3) is 5.56 Å². The molecule has 0 amide bonds. The Bertz CT molecular complexity index is 575. The fraction of sp³-hybridized carbons (Fsp3) is 0.444. The average Bonchev–Trinajstić information content (AvgIpc) is 2.58. The quantitative estimate of drug-likeness (QED) is 0.746. The molecular formula is C9H12N4O2S. The first-order valence-electron chi connectivity index (χ1n) is 4.79. The Morgan fingerprint density at radius 2 is 2.25 bits per heavy atom. The van der Waals surface area contributed by atoms with Crippen LogP contribution in [0.3, 0.4) is 0 Å². The number of aliphatic hydroxyl groups is 1. The van der Waals surface area contributed by atoms with E-state index in [0.717, 1.165) is 0 Å². The zero-order valence-corrected chi connectivity index (χ0v) is 9.84. The lowest BCUT2D eigenvalue weighted by Crippen LogP contribution is -2.11. The fourth-order valence-corrected chi connectivity index (χ4v) is 2.14. The van der Waals surface area contributed by atoms with Crippen LogP contribution < -0.4 is 5.56 Å². The van der Waals surface area contributed by atoms with E-state index in [1.165, 1.54) is 11.8 Å². The van der Waals surface area contributed by atoms with Crippen molar-refractivity contribution in [2.45, 2.75) is 18.6 Å². The Morgan fingerprint density at radius 1 is 1.50 bits per heavy atom. The Balaban J connectivity index is 2.78. The number of aliphatic hydroxyl groups excluding tert-OH is 1. The monoisotopic (exact) mass is 240 g/mol. The molecule has 2 N–H and O–H groups in total. The van der Waals surface area contributed by atoms with Gasteiger partial charge in [0, 0.05) is 6.54 Å². The molecule has 0 saturated heterocycles. The van der Waals surface area contributed by atoms with E-state index in [4.69, 9.17) is 5.11 Å². The maximum Gasteiger partial charge on any atom is 0.279 e. The second-order valence-electron chi connectivity index (χ2n) is 3.30. The zero-order valence-electron chi connectivity index (χ0n) is 9.02. The van der Waals surface area contributed by atoms with E-state index < -0.39 is 0 Å². The van der Waals surface area contributed by atoms with Gasteiger partial charge in [0.05, 0.1) is 6.61 Å². The van der Waals surface area contributed by atoms with Gasteiger partial charge in [0.2, 0.25) is 0 Å². The molecule has 7 heteroatoms. The number of hydrogen-bond acceptors (Lipinski definition) is 5. The highest BCUT2D eigenvalue weighted by Crippen LogP contribution is 2.18. The molecule has 2 rings (SSSR count). The van der Waals surface area contributed by atoms with Crippen molar-refractivity contribution < 1.29 is 5.11 Å². The molecule has 0 aliphatic carbocycles. The molecule has 0 radical (unpaired) electrons. The summed E-state index contributed by atoms with van der Waals surface area (Å²) in [5, 5.41) is 9.67. The SMILES string of the molecule is CSc1nc2c(=O)[nH]c(C)nc2n1CCO. The van der Waals surface area contributed by atoms with Gasteiger partial charge in [-0.05, 0) is 13.2 Å². The first kappa shape index (κ1) is 11.2. The Hall–Kier alpha value is -1.34. The molecule has 0 aliphatic rings. The molecule has 6 nitrogen and oxygen atoms in total. The Kier molecular flexibility index (Phi) is 2.97. The summed E-state index contributed by atoms with van der Waals surface area (Å²) in [6.07, 6.45) is 1.87. The molecule has 86 valence electrons. The second-order valence-corrected chi connectivity index (χ2v) is 4.07. The first-order chi connectivity index (χ1) is 7.67. The number of aryl methyl sites for hydroxylation is 1. The Labute approximate surface area is 95.7 Å². The van der Waals surface area contributed by atoms with Gasteiger partial charge < -0.3 is 14.7 Å². The number of aromatic nitrogens is 4. The highest BCUT2D eigenvalue weighted by molar-refractivity contribution is 7.98. The van der Waals surface area contributed by atoms with Crippen LogP contribution in [0.25, 0.3) is 11.2 Å². The van der Waals surface area contributed by atoms with Crippen molar-refractivity contribution in [2.75, 3.05) is 12.9 Å². The van der Waals surface area contributed by atoms with Crippen molar-refractivity contribution in [3.05, 3.63) is 16.2 Å². The van der Waals surface area contributed by atoms with Crippen molar-refractivity contribution in [3.63, 3.8) is 0 Å². The number of fused-ring (bicyclic) bond motifs is 1. The summed E-state index contributed by atoms with van der Waals surface area (Å²) in [5.74, 6) is 0.546. The van der Waals surface area contributed by atoms with E-state index >= 15 is 0 Å². The summed E-state index contributed by atoms with van der Waals surface area (Å²) in [6.45, 7) is 2.10. The van der Waals surface area contributed by atoms with Gasteiger partial charge in [0.1, 0.15) is 5.82 Å². The molecule has 2 aromatic rings. The normalized spacial score (nSPS) is 11.2. The van der Waals surface area contributed by atoms with Gasteiger partial charge in [-0.1, -0.05) is 11.8 Å². The van der Waals surface area contributed by atoms with Crippen molar-refractivity contribution in [3.8, 4) is 0 Å². The maximum atomic E-state index is 11.6. The third-order valence-electron chi connectivity index (χ3n) is 2.20. The molecule has 2 aromatic heterocycles. The van der Waals surface area contributed by atoms with E-state index in [9.17, 15) is 4.79 Å². The van der Waals surface area contributed by atoms with Crippen molar-refractivity contribution in [1.82, 2.24) is 19.5 Å². The van der Waals surface area contributed by atoms with Crippen LogP contribution in [0.1, 0.15) is 5.82 Å². The largest absolute Gasteiger partial charge is 0.395 e. The van der Waals surface area contributed by atoms with Gasteiger partial charge in [-0.3, -0.25) is 4.79 Å². The van der Waals surface area contributed by atoms with Crippen LogP contribution in [0.2, 0.25) is 0 Å². The van der Waals surface area contributed by atoms with Gasteiger partial charge >= 0.3 is 0 Å². The number of rotatable bonds is 3. The molecule has 0 fully saturated rings. The van der Waals surface area contributed by atoms with E-state index in [2.05, 4.69) is 15.0 Å². The average molecular weight is 240 g/mol. The van der Waals surface area contributed by atoms with Gasteiger partial charge in [-0.2, -0.15) is 0 Å². The standard InChI is InChI=1S/C9H12N4O2S/c1-5-10-7-6(8(15)11-5)12-9(16-2)13(7)3-4-14/h14H,3-4H2,1-2H3,(H,10,11,15). The molecule has 16 heavy (non-hydrogen) atoms. The van der Waals surface area contributed by atoms with Crippen LogP contribution in [0.4, 0.5) is 0 Å². The summed E-state index contributed by atoms with van der Waals surface area (Å²) in [7, 11) is 0. The third kappa shape index (κ3) is 1.72.